The van der Waals surface area contributed by atoms with Crippen molar-refractivity contribution in [2.75, 3.05) is 5.32 Å². The average Bonchev–Trinajstić information content (AvgIpc) is 2.76. The van der Waals surface area contributed by atoms with Crippen molar-refractivity contribution in [3.8, 4) is 6.07 Å². The molecule has 0 bridgehead atoms. The van der Waals surface area contributed by atoms with Gasteiger partial charge in [0.15, 0.2) is 0 Å². The molecule has 0 aliphatic carbocycles. The van der Waals surface area contributed by atoms with Gasteiger partial charge in [-0.25, -0.2) is 0 Å². The van der Waals surface area contributed by atoms with E-state index in [1.165, 1.54) is 3.57 Å². The molecular weight excluding hydrogens is 395 g/mol. The number of furan rings is 1. The molecule has 0 fully saturated rings. The molecule has 17 heavy (non-hydrogen) atoms. The molecule has 0 unspecified atom stereocenters. The van der Waals surface area contributed by atoms with Crippen LogP contribution in [0.2, 0.25) is 0 Å². The van der Waals surface area contributed by atoms with Crippen LogP contribution in [0.1, 0.15) is 11.5 Å². The Balaban J connectivity index is 2.05. The number of halogens is 2. The zero-order valence-corrected chi connectivity index (χ0v) is 12.4. The molecule has 1 N–H and O–H groups in total. The van der Waals surface area contributed by atoms with E-state index in [0.29, 0.717) is 12.3 Å². The van der Waals surface area contributed by atoms with Crippen LogP contribution in [0.4, 0.5) is 5.69 Å². The van der Waals surface area contributed by atoms with Crippen LogP contribution >= 0.6 is 38.5 Å². The minimum absolute atomic E-state index is 0.337. The van der Waals surface area contributed by atoms with E-state index < -0.39 is 0 Å². The summed E-state index contributed by atoms with van der Waals surface area (Å²) < 4.78 is 7.46. The molecule has 0 aliphatic heterocycles. The van der Waals surface area contributed by atoms with Gasteiger partial charge in [-0.15, -0.1) is 0 Å². The maximum absolute atomic E-state index is 8.64. The SMILES string of the molecule is N#Cc1ccc(CNc2ccc(I)cc2Br)o1. The van der Waals surface area contributed by atoms with Crippen LogP contribution < -0.4 is 5.32 Å². The first-order chi connectivity index (χ1) is 8.19. The highest BCUT2D eigenvalue weighted by molar-refractivity contribution is 14.1. The van der Waals surface area contributed by atoms with Crippen molar-refractivity contribution in [3.05, 3.63) is 49.9 Å². The lowest BCUT2D eigenvalue weighted by atomic mass is 10.3. The van der Waals surface area contributed by atoms with E-state index in [4.69, 9.17) is 9.68 Å². The Bertz CT molecular complexity index is 574. The second kappa shape index (κ2) is 5.56. The minimum atomic E-state index is 0.337. The highest BCUT2D eigenvalue weighted by atomic mass is 127. The molecule has 5 heteroatoms. The summed E-state index contributed by atoms with van der Waals surface area (Å²) in [7, 11) is 0. The van der Waals surface area contributed by atoms with Gasteiger partial charge >= 0.3 is 0 Å². The van der Waals surface area contributed by atoms with E-state index in [9.17, 15) is 0 Å². The Morgan fingerprint density at radius 2 is 2.18 bits per heavy atom. The van der Waals surface area contributed by atoms with Crippen LogP contribution in [0.5, 0.6) is 0 Å². The molecule has 0 spiro atoms. The van der Waals surface area contributed by atoms with Crippen molar-refractivity contribution in [2.24, 2.45) is 0 Å². The summed E-state index contributed by atoms with van der Waals surface area (Å²) in [5.74, 6) is 1.08. The summed E-state index contributed by atoms with van der Waals surface area (Å²) in [6.45, 7) is 0.556. The van der Waals surface area contributed by atoms with Crippen LogP contribution in [0.25, 0.3) is 0 Å². The van der Waals surface area contributed by atoms with Crippen LogP contribution in [0, 0.1) is 14.9 Å². The Hall–Kier alpha value is -1.000. The number of hydrogen-bond acceptors (Lipinski definition) is 3. The fraction of sp³-hybridized carbons (Fsp3) is 0.0833. The number of rotatable bonds is 3. The maximum atomic E-state index is 8.64. The second-order valence-electron chi connectivity index (χ2n) is 3.36. The van der Waals surface area contributed by atoms with Crippen LogP contribution in [-0.2, 0) is 6.54 Å². The van der Waals surface area contributed by atoms with Crippen LogP contribution in [0.3, 0.4) is 0 Å². The molecule has 0 aliphatic rings. The van der Waals surface area contributed by atoms with Gasteiger partial charge in [-0.1, -0.05) is 0 Å². The molecule has 2 aromatic rings. The first-order valence-electron chi connectivity index (χ1n) is 4.87. The minimum Gasteiger partial charge on any atom is -0.449 e. The fourth-order valence-electron chi connectivity index (χ4n) is 1.35. The number of benzene rings is 1. The van der Waals surface area contributed by atoms with Crippen molar-refractivity contribution in [1.82, 2.24) is 0 Å². The number of hydrogen-bond donors (Lipinski definition) is 1. The molecule has 0 atom stereocenters. The third kappa shape index (κ3) is 3.23. The lowest BCUT2D eigenvalue weighted by Gasteiger charge is -2.07. The molecule has 2 rings (SSSR count). The van der Waals surface area contributed by atoms with Crippen molar-refractivity contribution in [1.29, 1.82) is 5.26 Å². The standard InChI is InChI=1S/C12H8BrIN2O/c13-11-5-8(14)1-4-12(11)16-7-10-3-2-9(6-15)17-10/h1-5,16H,7H2. The Kier molecular flexibility index (Phi) is 4.07. The van der Waals surface area contributed by atoms with Crippen molar-refractivity contribution in [3.63, 3.8) is 0 Å². The summed E-state index contributed by atoms with van der Waals surface area (Å²) in [6.07, 6.45) is 0. The zero-order chi connectivity index (χ0) is 12.3. The average molecular weight is 403 g/mol. The lowest BCUT2D eigenvalue weighted by Crippen LogP contribution is -1.98. The van der Waals surface area contributed by atoms with Gasteiger partial charge in [-0.05, 0) is 68.9 Å². The van der Waals surface area contributed by atoms with Gasteiger partial charge in [0.25, 0.3) is 0 Å². The first kappa shape index (κ1) is 12.5. The second-order valence-corrected chi connectivity index (χ2v) is 5.46. The number of anilines is 1. The van der Waals surface area contributed by atoms with E-state index in [1.807, 2.05) is 24.3 Å². The monoisotopic (exact) mass is 402 g/mol. The predicted octanol–water partition coefficient (Wildman–Crippen LogP) is 4.13. The molecule has 0 amide bonds. The summed E-state index contributed by atoms with van der Waals surface area (Å²) in [5.41, 5.74) is 1.00. The van der Waals surface area contributed by atoms with E-state index in [-0.39, 0.29) is 0 Å². The normalized spacial score (nSPS) is 9.94. The third-order valence-electron chi connectivity index (χ3n) is 2.16. The molecule has 1 heterocycles. The van der Waals surface area contributed by atoms with Gasteiger partial charge in [0.2, 0.25) is 5.76 Å². The third-order valence-corrected chi connectivity index (χ3v) is 3.48. The Morgan fingerprint density at radius 1 is 1.35 bits per heavy atom. The topological polar surface area (TPSA) is 49.0 Å². The summed E-state index contributed by atoms with van der Waals surface area (Å²) in [4.78, 5) is 0. The maximum Gasteiger partial charge on any atom is 0.203 e. The number of nitrogens with zero attached hydrogens (tertiary/aromatic N) is 1. The van der Waals surface area contributed by atoms with Crippen molar-refractivity contribution in [2.45, 2.75) is 6.54 Å². The zero-order valence-electron chi connectivity index (χ0n) is 8.71. The van der Waals surface area contributed by atoms with E-state index in [1.54, 1.807) is 12.1 Å². The highest BCUT2D eigenvalue weighted by Gasteiger charge is 2.03. The largest absolute Gasteiger partial charge is 0.449 e. The summed E-state index contributed by atoms with van der Waals surface area (Å²) in [5, 5.41) is 11.9. The fourth-order valence-corrected chi connectivity index (χ4v) is 2.79. The molecule has 0 saturated carbocycles. The molecule has 0 radical (unpaired) electrons. The van der Waals surface area contributed by atoms with E-state index in [0.717, 1.165) is 15.9 Å². The van der Waals surface area contributed by atoms with Gasteiger partial charge in [0, 0.05) is 13.7 Å². The Labute approximate surface area is 121 Å². The molecule has 3 nitrogen and oxygen atoms in total. The van der Waals surface area contributed by atoms with E-state index >= 15 is 0 Å². The Morgan fingerprint density at radius 3 is 2.82 bits per heavy atom. The molecule has 86 valence electrons. The quantitative estimate of drug-likeness (QED) is 0.785. The summed E-state index contributed by atoms with van der Waals surface area (Å²) in [6, 6.07) is 11.5. The first-order valence-corrected chi connectivity index (χ1v) is 6.74. The molecule has 0 saturated heterocycles. The molecule has 1 aromatic heterocycles. The molecule has 1 aromatic carbocycles. The van der Waals surface area contributed by atoms with Gasteiger partial charge in [0.1, 0.15) is 11.8 Å². The van der Waals surface area contributed by atoms with E-state index in [2.05, 4.69) is 43.8 Å². The van der Waals surface area contributed by atoms with Gasteiger partial charge in [-0.2, -0.15) is 5.26 Å². The lowest BCUT2D eigenvalue weighted by molar-refractivity contribution is 0.506. The smallest absolute Gasteiger partial charge is 0.203 e. The predicted molar refractivity (Wildman–Crippen MR) is 77.6 cm³/mol. The summed E-state index contributed by atoms with van der Waals surface area (Å²) >= 11 is 5.75. The van der Waals surface area contributed by atoms with Gasteiger partial charge in [-0.3, -0.25) is 0 Å². The number of nitrogens with one attached hydrogen (secondary N) is 1. The highest BCUT2D eigenvalue weighted by Crippen LogP contribution is 2.25. The van der Waals surface area contributed by atoms with Crippen molar-refractivity contribution >= 4 is 44.2 Å². The van der Waals surface area contributed by atoms with Gasteiger partial charge < -0.3 is 9.73 Å². The number of nitriles is 1. The van der Waals surface area contributed by atoms with Crippen molar-refractivity contribution < 1.29 is 4.42 Å². The van der Waals surface area contributed by atoms with Crippen LogP contribution in [0.15, 0.2) is 39.2 Å². The molecular formula is C12H8BrIN2O. The van der Waals surface area contributed by atoms with Crippen LogP contribution in [-0.4, -0.2) is 0 Å². The van der Waals surface area contributed by atoms with Gasteiger partial charge in [0.05, 0.1) is 6.54 Å².